The van der Waals surface area contributed by atoms with Crippen LogP contribution < -0.4 is 0 Å². The largest absolute Gasteiger partial charge is 0.469 e. The van der Waals surface area contributed by atoms with Gasteiger partial charge in [-0.3, -0.25) is 4.79 Å². The predicted octanol–water partition coefficient (Wildman–Crippen LogP) is 1.48. The Labute approximate surface area is 111 Å². The van der Waals surface area contributed by atoms with Crippen molar-refractivity contribution < 1.29 is 17.9 Å². The smallest absolute Gasteiger partial charge is 0.309 e. The van der Waals surface area contributed by atoms with Gasteiger partial charge in [0.25, 0.3) is 0 Å². The molecule has 0 saturated heterocycles. The van der Waals surface area contributed by atoms with Crippen LogP contribution in [0.1, 0.15) is 22.5 Å². The summed E-state index contributed by atoms with van der Waals surface area (Å²) in [6, 6.07) is 0. The van der Waals surface area contributed by atoms with Gasteiger partial charge in [0.1, 0.15) is 10.8 Å². The van der Waals surface area contributed by atoms with Crippen LogP contribution in [0.5, 0.6) is 0 Å². The van der Waals surface area contributed by atoms with Gasteiger partial charge in [0, 0.05) is 4.88 Å². The number of aryl methyl sites for hydroxylation is 2. The Morgan fingerprint density at radius 3 is 2.50 bits per heavy atom. The Kier molecular flexibility index (Phi) is 4.86. The second-order valence-corrected chi connectivity index (χ2v) is 7.62. The van der Waals surface area contributed by atoms with E-state index >= 15 is 0 Å². The van der Waals surface area contributed by atoms with Gasteiger partial charge in [-0.25, -0.2) is 13.4 Å². The van der Waals surface area contributed by atoms with Crippen LogP contribution in [-0.2, 0) is 25.1 Å². The van der Waals surface area contributed by atoms with Crippen LogP contribution >= 0.6 is 11.3 Å². The number of methoxy groups -OCH3 is 1. The van der Waals surface area contributed by atoms with Crippen LogP contribution in [0.15, 0.2) is 0 Å². The van der Waals surface area contributed by atoms with Gasteiger partial charge in [0.05, 0.1) is 24.5 Å². The number of esters is 1. The van der Waals surface area contributed by atoms with Crippen LogP contribution in [0, 0.1) is 19.8 Å². The minimum atomic E-state index is -3.35. The second-order valence-electron chi connectivity index (χ2n) is 4.23. The van der Waals surface area contributed by atoms with Crippen molar-refractivity contribution >= 4 is 27.1 Å². The van der Waals surface area contributed by atoms with Crippen molar-refractivity contribution in [3.05, 3.63) is 15.6 Å². The van der Waals surface area contributed by atoms with Gasteiger partial charge in [0.15, 0.2) is 9.84 Å². The molecular weight excluding hydrogens is 274 g/mol. The molecule has 7 heteroatoms. The lowest BCUT2D eigenvalue weighted by Gasteiger charge is -2.08. The zero-order valence-corrected chi connectivity index (χ0v) is 12.5. The monoisotopic (exact) mass is 291 g/mol. The summed E-state index contributed by atoms with van der Waals surface area (Å²) < 4.78 is 28.3. The van der Waals surface area contributed by atoms with E-state index < -0.39 is 21.7 Å². The first-order valence-electron chi connectivity index (χ1n) is 5.46. The van der Waals surface area contributed by atoms with Crippen molar-refractivity contribution in [1.82, 2.24) is 4.98 Å². The van der Waals surface area contributed by atoms with E-state index in [1.54, 1.807) is 6.92 Å². The molecule has 0 aliphatic heterocycles. The normalized spacial score (nSPS) is 13.3. The van der Waals surface area contributed by atoms with Crippen LogP contribution in [0.4, 0.5) is 0 Å². The summed E-state index contributed by atoms with van der Waals surface area (Å²) in [6.45, 7) is 5.29. The van der Waals surface area contributed by atoms with Gasteiger partial charge in [-0.2, -0.15) is 0 Å². The summed E-state index contributed by atoms with van der Waals surface area (Å²) >= 11 is 1.38. The molecule has 0 fully saturated rings. The third-order valence-electron chi connectivity index (χ3n) is 2.52. The first kappa shape index (κ1) is 15.1. The molecule has 1 rings (SSSR count). The Hall–Kier alpha value is -0.950. The highest BCUT2D eigenvalue weighted by Gasteiger charge is 2.23. The number of sulfone groups is 1. The van der Waals surface area contributed by atoms with E-state index in [0.29, 0.717) is 5.01 Å². The van der Waals surface area contributed by atoms with E-state index in [-0.39, 0.29) is 11.5 Å². The number of aromatic nitrogens is 1. The minimum absolute atomic E-state index is 0.117. The van der Waals surface area contributed by atoms with E-state index in [1.807, 2.05) is 13.8 Å². The van der Waals surface area contributed by atoms with Gasteiger partial charge >= 0.3 is 5.97 Å². The van der Waals surface area contributed by atoms with E-state index in [0.717, 1.165) is 10.6 Å². The molecule has 0 N–H and O–H groups in total. The predicted molar refractivity (Wildman–Crippen MR) is 70.3 cm³/mol. The lowest BCUT2D eigenvalue weighted by atomic mass is 10.2. The van der Waals surface area contributed by atoms with Crippen LogP contribution in [0.2, 0.25) is 0 Å². The number of thiazole rings is 1. The molecule has 0 aliphatic carbocycles. The number of carbonyl (C=O) groups excluding carboxylic acids is 1. The molecule has 1 unspecified atom stereocenters. The Morgan fingerprint density at radius 1 is 1.44 bits per heavy atom. The zero-order valence-electron chi connectivity index (χ0n) is 10.9. The summed E-state index contributed by atoms with van der Waals surface area (Å²) in [5.41, 5.74) is 0.853. The van der Waals surface area contributed by atoms with Crippen LogP contribution in [-0.4, -0.2) is 32.2 Å². The van der Waals surface area contributed by atoms with Gasteiger partial charge < -0.3 is 4.74 Å². The molecule has 1 heterocycles. The highest BCUT2D eigenvalue weighted by Crippen LogP contribution is 2.19. The Bertz CT molecular complexity index is 514. The summed E-state index contributed by atoms with van der Waals surface area (Å²) in [4.78, 5) is 16.4. The summed E-state index contributed by atoms with van der Waals surface area (Å²) in [7, 11) is -2.10. The number of hydrogen-bond acceptors (Lipinski definition) is 6. The molecule has 1 aromatic heterocycles. The molecule has 0 aliphatic rings. The molecule has 0 aromatic carbocycles. The fourth-order valence-corrected chi connectivity index (χ4v) is 4.46. The molecule has 5 nitrogen and oxygen atoms in total. The molecular formula is C11H17NO4S2. The van der Waals surface area contributed by atoms with Crippen molar-refractivity contribution in [2.45, 2.75) is 26.5 Å². The van der Waals surface area contributed by atoms with Crippen molar-refractivity contribution in [3.63, 3.8) is 0 Å². The molecule has 102 valence electrons. The van der Waals surface area contributed by atoms with E-state index in [1.165, 1.54) is 18.4 Å². The van der Waals surface area contributed by atoms with Crippen molar-refractivity contribution in [2.75, 3.05) is 12.9 Å². The topological polar surface area (TPSA) is 73.3 Å². The van der Waals surface area contributed by atoms with E-state index in [4.69, 9.17) is 0 Å². The van der Waals surface area contributed by atoms with Crippen molar-refractivity contribution in [1.29, 1.82) is 0 Å². The lowest BCUT2D eigenvalue weighted by molar-refractivity contribution is -0.144. The molecule has 0 bridgehead atoms. The minimum Gasteiger partial charge on any atom is -0.469 e. The molecule has 18 heavy (non-hydrogen) atoms. The molecule has 0 saturated carbocycles. The highest BCUT2D eigenvalue weighted by atomic mass is 32.2. The quantitative estimate of drug-likeness (QED) is 0.768. The molecule has 0 spiro atoms. The van der Waals surface area contributed by atoms with Crippen LogP contribution in [0.25, 0.3) is 0 Å². The fourth-order valence-electron chi connectivity index (χ4n) is 1.50. The standard InChI is InChI=1S/C11H17NO4S2/c1-7(11(13)16-4)5-18(14,15)6-10-12-8(2)9(3)17-10/h7H,5-6H2,1-4H3. The van der Waals surface area contributed by atoms with Gasteiger partial charge in [-0.05, 0) is 13.8 Å². The van der Waals surface area contributed by atoms with Gasteiger partial charge in [0.2, 0.25) is 0 Å². The highest BCUT2D eigenvalue weighted by molar-refractivity contribution is 7.90. The van der Waals surface area contributed by atoms with E-state index in [2.05, 4.69) is 9.72 Å². The number of hydrogen-bond donors (Lipinski definition) is 0. The summed E-state index contributed by atoms with van der Waals surface area (Å²) in [5, 5.41) is 0.571. The molecule has 0 radical (unpaired) electrons. The summed E-state index contributed by atoms with van der Waals surface area (Å²) in [5.74, 6) is -1.49. The Morgan fingerprint density at radius 2 is 2.06 bits per heavy atom. The zero-order chi connectivity index (χ0) is 13.9. The number of carbonyl (C=O) groups is 1. The fraction of sp³-hybridized carbons (Fsp3) is 0.636. The molecule has 0 amide bonds. The first-order chi connectivity index (χ1) is 8.25. The van der Waals surface area contributed by atoms with Crippen LogP contribution in [0.3, 0.4) is 0 Å². The van der Waals surface area contributed by atoms with Crippen molar-refractivity contribution in [2.24, 2.45) is 5.92 Å². The second kappa shape index (κ2) is 5.79. The van der Waals surface area contributed by atoms with Gasteiger partial charge in [-0.15, -0.1) is 11.3 Å². The molecule has 1 aromatic rings. The van der Waals surface area contributed by atoms with Gasteiger partial charge in [-0.1, -0.05) is 6.92 Å². The SMILES string of the molecule is COC(=O)C(C)CS(=O)(=O)Cc1nc(C)c(C)s1. The maximum absolute atomic E-state index is 11.9. The maximum Gasteiger partial charge on any atom is 0.309 e. The maximum atomic E-state index is 11.9. The van der Waals surface area contributed by atoms with E-state index in [9.17, 15) is 13.2 Å². The number of rotatable bonds is 5. The van der Waals surface area contributed by atoms with Crippen molar-refractivity contribution in [3.8, 4) is 0 Å². The lowest BCUT2D eigenvalue weighted by Crippen LogP contribution is -2.23. The third kappa shape index (κ3) is 4.06. The number of ether oxygens (including phenoxy) is 1. The number of nitrogens with zero attached hydrogens (tertiary/aromatic N) is 1. The average molecular weight is 291 g/mol. The Balaban J connectivity index is 2.73. The summed E-state index contributed by atoms with van der Waals surface area (Å²) in [6.07, 6.45) is 0. The molecule has 1 atom stereocenters. The first-order valence-corrected chi connectivity index (χ1v) is 8.10. The average Bonchev–Trinajstić information content (AvgIpc) is 2.54. The third-order valence-corrected chi connectivity index (χ3v) is 5.50.